The molecule has 0 aliphatic rings. The van der Waals surface area contributed by atoms with Crippen LogP contribution < -0.4 is 10.0 Å². The molecule has 1 amide bonds. The number of aromatic nitrogens is 1. The number of hydrogen-bond acceptors (Lipinski definition) is 5. The number of nitrogens with zero attached hydrogens (tertiary/aromatic N) is 1. The SMILES string of the molecule is Cc1cc(NC(=O)c2cccc(S(=O)(=O)Nc3c(F)cccc3F)c2)no1. The van der Waals surface area contributed by atoms with E-state index in [2.05, 4.69) is 10.5 Å². The highest BCUT2D eigenvalue weighted by molar-refractivity contribution is 7.92. The van der Waals surface area contributed by atoms with Crippen LogP contribution in [0, 0.1) is 18.6 Å². The zero-order chi connectivity index (χ0) is 19.6. The van der Waals surface area contributed by atoms with Crippen LogP contribution in [0.3, 0.4) is 0 Å². The van der Waals surface area contributed by atoms with E-state index in [9.17, 15) is 22.0 Å². The summed E-state index contributed by atoms with van der Waals surface area (Å²) in [5, 5.41) is 6.05. The molecule has 0 atom stereocenters. The maximum atomic E-state index is 13.7. The Bertz CT molecular complexity index is 1090. The van der Waals surface area contributed by atoms with Gasteiger partial charge in [0.05, 0.1) is 4.90 Å². The monoisotopic (exact) mass is 393 g/mol. The van der Waals surface area contributed by atoms with Crippen LogP contribution in [0.4, 0.5) is 20.3 Å². The van der Waals surface area contributed by atoms with Crippen LogP contribution in [0.25, 0.3) is 0 Å². The molecule has 0 saturated carbocycles. The van der Waals surface area contributed by atoms with Crippen LogP contribution >= 0.6 is 0 Å². The smallest absolute Gasteiger partial charge is 0.262 e. The molecule has 0 bridgehead atoms. The van der Waals surface area contributed by atoms with Gasteiger partial charge in [0.2, 0.25) is 0 Å². The van der Waals surface area contributed by atoms with Crippen molar-refractivity contribution in [3.05, 3.63) is 71.5 Å². The first-order chi connectivity index (χ1) is 12.8. The Morgan fingerprint density at radius 2 is 1.74 bits per heavy atom. The molecule has 140 valence electrons. The quantitative estimate of drug-likeness (QED) is 0.693. The number of sulfonamides is 1. The number of halogens is 2. The number of carbonyl (C=O) groups excluding carboxylic acids is 1. The molecular formula is C17H13F2N3O4S. The van der Waals surface area contributed by atoms with Crippen LogP contribution in [-0.2, 0) is 10.0 Å². The van der Waals surface area contributed by atoms with Gasteiger partial charge in [-0.3, -0.25) is 9.52 Å². The lowest BCUT2D eigenvalue weighted by Gasteiger charge is -2.10. The Morgan fingerprint density at radius 1 is 1.07 bits per heavy atom. The Hall–Kier alpha value is -3.27. The molecule has 27 heavy (non-hydrogen) atoms. The second-order valence-electron chi connectivity index (χ2n) is 5.51. The molecule has 0 spiro atoms. The average molecular weight is 393 g/mol. The molecular weight excluding hydrogens is 380 g/mol. The van der Waals surface area contributed by atoms with Gasteiger partial charge in [0.1, 0.15) is 23.1 Å². The van der Waals surface area contributed by atoms with Crippen molar-refractivity contribution in [2.75, 3.05) is 10.0 Å². The second-order valence-corrected chi connectivity index (χ2v) is 7.19. The van der Waals surface area contributed by atoms with E-state index in [4.69, 9.17) is 4.52 Å². The van der Waals surface area contributed by atoms with Gasteiger partial charge in [-0.25, -0.2) is 17.2 Å². The van der Waals surface area contributed by atoms with Crippen LogP contribution in [-0.4, -0.2) is 19.5 Å². The molecule has 0 unspecified atom stereocenters. The Labute approximate surface area is 153 Å². The van der Waals surface area contributed by atoms with E-state index in [0.717, 1.165) is 24.3 Å². The molecule has 7 nitrogen and oxygen atoms in total. The molecule has 2 N–H and O–H groups in total. The largest absolute Gasteiger partial charge is 0.360 e. The topological polar surface area (TPSA) is 101 Å². The van der Waals surface area contributed by atoms with E-state index >= 15 is 0 Å². The summed E-state index contributed by atoms with van der Waals surface area (Å²) in [6.07, 6.45) is 0. The summed E-state index contributed by atoms with van der Waals surface area (Å²) < 4.78 is 59.0. The number of aryl methyl sites for hydroxylation is 1. The summed E-state index contributed by atoms with van der Waals surface area (Å²) in [7, 11) is -4.33. The number of nitrogens with one attached hydrogen (secondary N) is 2. The number of anilines is 2. The highest BCUT2D eigenvalue weighted by Gasteiger charge is 2.20. The van der Waals surface area contributed by atoms with Gasteiger partial charge >= 0.3 is 0 Å². The average Bonchev–Trinajstić information content (AvgIpc) is 3.03. The highest BCUT2D eigenvalue weighted by Crippen LogP contribution is 2.23. The van der Waals surface area contributed by atoms with Crippen molar-refractivity contribution in [3.63, 3.8) is 0 Å². The summed E-state index contributed by atoms with van der Waals surface area (Å²) in [5.41, 5.74) is -0.794. The molecule has 3 aromatic rings. The van der Waals surface area contributed by atoms with Crippen molar-refractivity contribution in [3.8, 4) is 0 Å². The number of benzene rings is 2. The lowest BCUT2D eigenvalue weighted by atomic mass is 10.2. The van der Waals surface area contributed by atoms with Crippen molar-refractivity contribution in [1.82, 2.24) is 5.16 Å². The van der Waals surface area contributed by atoms with Gasteiger partial charge in [-0.1, -0.05) is 17.3 Å². The van der Waals surface area contributed by atoms with Gasteiger partial charge in [0.15, 0.2) is 5.82 Å². The van der Waals surface area contributed by atoms with Crippen molar-refractivity contribution < 1.29 is 26.5 Å². The third kappa shape index (κ3) is 4.11. The van der Waals surface area contributed by atoms with Gasteiger partial charge in [-0.15, -0.1) is 0 Å². The molecule has 2 aromatic carbocycles. The number of rotatable bonds is 5. The van der Waals surface area contributed by atoms with Crippen molar-refractivity contribution in [2.24, 2.45) is 0 Å². The normalized spacial score (nSPS) is 11.2. The second kappa shape index (κ2) is 7.16. The van der Waals surface area contributed by atoms with E-state index < -0.39 is 33.3 Å². The molecule has 10 heteroatoms. The highest BCUT2D eigenvalue weighted by atomic mass is 32.2. The van der Waals surface area contributed by atoms with Crippen LogP contribution in [0.2, 0.25) is 0 Å². The van der Waals surface area contributed by atoms with Crippen LogP contribution in [0.15, 0.2) is 57.9 Å². The van der Waals surface area contributed by atoms with Gasteiger partial charge in [0, 0.05) is 11.6 Å². The van der Waals surface area contributed by atoms with E-state index in [0.29, 0.717) is 5.76 Å². The van der Waals surface area contributed by atoms with Crippen LogP contribution in [0.5, 0.6) is 0 Å². The van der Waals surface area contributed by atoms with E-state index in [1.807, 2.05) is 4.72 Å². The number of carbonyl (C=O) groups is 1. The zero-order valence-electron chi connectivity index (χ0n) is 13.9. The first kappa shape index (κ1) is 18.5. The lowest BCUT2D eigenvalue weighted by molar-refractivity contribution is 0.102. The molecule has 0 saturated heterocycles. The molecule has 0 radical (unpaired) electrons. The van der Waals surface area contributed by atoms with E-state index in [1.54, 1.807) is 6.92 Å². The minimum atomic E-state index is -4.33. The van der Waals surface area contributed by atoms with Gasteiger partial charge < -0.3 is 9.84 Å². The van der Waals surface area contributed by atoms with E-state index in [1.165, 1.54) is 24.3 Å². The zero-order valence-corrected chi connectivity index (χ0v) is 14.7. The number of para-hydroxylation sites is 1. The summed E-state index contributed by atoms with van der Waals surface area (Å²) in [5.74, 6) is -2.10. The fraction of sp³-hybridized carbons (Fsp3) is 0.0588. The first-order valence-electron chi connectivity index (χ1n) is 7.58. The van der Waals surface area contributed by atoms with Gasteiger partial charge in [-0.2, -0.15) is 0 Å². The van der Waals surface area contributed by atoms with Crippen molar-refractivity contribution in [1.29, 1.82) is 0 Å². The van der Waals surface area contributed by atoms with Gasteiger partial charge in [-0.05, 0) is 37.3 Å². The van der Waals surface area contributed by atoms with E-state index in [-0.39, 0.29) is 16.3 Å². The lowest BCUT2D eigenvalue weighted by Crippen LogP contribution is -2.17. The summed E-state index contributed by atoms with van der Waals surface area (Å²) in [6, 6.07) is 9.41. The number of amides is 1. The van der Waals surface area contributed by atoms with Gasteiger partial charge in [0.25, 0.3) is 15.9 Å². The van der Waals surface area contributed by atoms with Crippen molar-refractivity contribution >= 4 is 27.4 Å². The number of hydrogen-bond donors (Lipinski definition) is 2. The maximum absolute atomic E-state index is 13.7. The molecule has 1 heterocycles. The fourth-order valence-corrected chi connectivity index (χ4v) is 3.33. The Kier molecular flexibility index (Phi) is 4.91. The first-order valence-corrected chi connectivity index (χ1v) is 9.06. The molecule has 1 aromatic heterocycles. The predicted octanol–water partition coefficient (Wildman–Crippen LogP) is 3.31. The molecule has 0 aliphatic carbocycles. The molecule has 0 fully saturated rings. The summed E-state index contributed by atoms with van der Waals surface area (Å²) in [4.78, 5) is 11.9. The maximum Gasteiger partial charge on any atom is 0.262 e. The molecule has 0 aliphatic heterocycles. The summed E-state index contributed by atoms with van der Waals surface area (Å²) >= 11 is 0. The molecule has 3 rings (SSSR count). The summed E-state index contributed by atoms with van der Waals surface area (Å²) in [6.45, 7) is 1.64. The standard InChI is InChI=1S/C17H13F2N3O4S/c1-10-8-15(21-26-10)20-17(23)11-4-2-5-12(9-11)27(24,25)22-16-13(18)6-3-7-14(16)19/h2-9,22H,1H3,(H,20,21,23). The third-order valence-electron chi connectivity index (χ3n) is 3.48. The van der Waals surface area contributed by atoms with Crippen molar-refractivity contribution in [2.45, 2.75) is 11.8 Å². The fourth-order valence-electron chi connectivity index (χ4n) is 2.21. The minimum absolute atomic E-state index is 0.00698. The minimum Gasteiger partial charge on any atom is -0.360 e. The third-order valence-corrected chi connectivity index (χ3v) is 4.82. The van der Waals surface area contributed by atoms with Crippen LogP contribution in [0.1, 0.15) is 16.1 Å². The Balaban J connectivity index is 1.86. The predicted molar refractivity (Wildman–Crippen MR) is 92.8 cm³/mol. The Morgan fingerprint density at radius 3 is 2.37 bits per heavy atom.